The number of hydrogen-bond donors (Lipinski definition) is 6. The Labute approximate surface area is 188 Å². The van der Waals surface area contributed by atoms with Crippen molar-refractivity contribution in [2.24, 2.45) is 0 Å². The monoisotopic (exact) mass is 462 g/mol. The van der Waals surface area contributed by atoms with Gasteiger partial charge in [0.1, 0.15) is 17.8 Å². The van der Waals surface area contributed by atoms with Crippen LogP contribution in [0.2, 0.25) is 5.02 Å². The van der Waals surface area contributed by atoms with Crippen molar-refractivity contribution in [3.63, 3.8) is 0 Å². The number of carbonyl (C=O) groups is 1. The Hall–Kier alpha value is -3.09. The Morgan fingerprint density at radius 1 is 1.25 bits per heavy atom. The van der Waals surface area contributed by atoms with Crippen LogP contribution in [0.4, 0.5) is 5.95 Å². The molecular weight excluding hydrogens is 440 g/mol. The van der Waals surface area contributed by atoms with E-state index in [2.05, 4.69) is 25.6 Å². The highest BCUT2D eigenvalue weighted by atomic mass is 35.5. The quantitative estimate of drug-likeness (QED) is 0.239. The molecule has 0 aliphatic carbocycles. The maximum atomic E-state index is 12.7. The molecule has 6 N–H and O–H groups in total. The van der Waals surface area contributed by atoms with Crippen molar-refractivity contribution in [2.45, 2.75) is 18.7 Å². The lowest BCUT2D eigenvalue weighted by Gasteiger charge is -2.27. The average molecular weight is 463 g/mol. The second-order valence-electron chi connectivity index (χ2n) is 7.06. The molecule has 1 amide bonds. The zero-order valence-corrected chi connectivity index (χ0v) is 17.9. The number of aliphatic hydroxyl groups is 4. The number of halogens is 1. The molecule has 2 heterocycles. The van der Waals surface area contributed by atoms with Crippen LogP contribution in [-0.2, 0) is 5.72 Å². The first kappa shape index (κ1) is 23.6. The molecule has 1 atom stereocenters. The lowest BCUT2D eigenvalue weighted by Crippen LogP contribution is -2.48. The van der Waals surface area contributed by atoms with E-state index in [4.69, 9.17) is 11.6 Å². The second kappa shape index (κ2) is 10.0. The molecule has 0 spiro atoms. The van der Waals surface area contributed by atoms with Crippen molar-refractivity contribution in [3.05, 3.63) is 64.8 Å². The van der Waals surface area contributed by atoms with Crippen LogP contribution < -0.4 is 10.6 Å². The summed E-state index contributed by atoms with van der Waals surface area (Å²) in [6.07, 6.45) is 4.31. The minimum Gasteiger partial charge on any atom is -0.394 e. The van der Waals surface area contributed by atoms with Gasteiger partial charge in [-0.1, -0.05) is 23.7 Å². The van der Waals surface area contributed by atoms with Crippen molar-refractivity contribution >= 4 is 23.5 Å². The summed E-state index contributed by atoms with van der Waals surface area (Å²) < 4.78 is 1.49. The number of aromatic nitrogens is 4. The van der Waals surface area contributed by atoms with Crippen LogP contribution in [0, 0.1) is 6.92 Å². The minimum atomic E-state index is -2.06. The van der Waals surface area contributed by atoms with Gasteiger partial charge in [-0.05, 0) is 19.1 Å². The van der Waals surface area contributed by atoms with Gasteiger partial charge in [-0.3, -0.25) is 9.36 Å². The van der Waals surface area contributed by atoms with E-state index >= 15 is 0 Å². The highest BCUT2D eigenvalue weighted by molar-refractivity contribution is 6.30. The Morgan fingerprint density at radius 2 is 2.00 bits per heavy atom. The normalized spacial score (nSPS) is 13.1. The van der Waals surface area contributed by atoms with Gasteiger partial charge in [-0.15, -0.1) is 0 Å². The van der Waals surface area contributed by atoms with Crippen LogP contribution >= 0.6 is 11.6 Å². The summed E-state index contributed by atoms with van der Waals surface area (Å²) in [6.45, 7) is 0.368. The van der Waals surface area contributed by atoms with E-state index in [0.29, 0.717) is 16.4 Å². The van der Waals surface area contributed by atoms with E-state index in [1.54, 1.807) is 25.3 Å². The number of imidazole rings is 1. The fourth-order valence-electron chi connectivity index (χ4n) is 2.85. The third-order valence-corrected chi connectivity index (χ3v) is 4.87. The van der Waals surface area contributed by atoms with Gasteiger partial charge in [0, 0.05) is 28.5 Å². The highest BCUT2D eigenvalue weighted by Gasteiger charge is 2.32. The first-order chi connectivity index (χ1) is 15.3. The summed E-state index contributed by atoms with van der Waals surface area (Å²) in [5.74, 6) is -0.143. The predicted molar refractivity (Wildman–Crippen MR) is 115 cm³/mol. The molecule has 2 aromatic heterocycles. The van der Waals surface area contributed by atoms with Gasteiger partial charge in [0.15, 0.2) is 5.72 Å². The number of aryl methyl sites for hydroxylation is 1. The van der Waals surface area contributed by atoms with Crippen LogP contribution in [0.25, 0.3) is 5.82 Å². The number of anilines is 1. The van der Waals surface area contributed by atoms with Crippen LogP contribution in [-0.4, -0.2) is 71.7 Å². The molecular formula is C20H23ClN6O5. The maximum absolute atomic E-state index is 12.7. The molecule has 0 saturated heterocycles. The lowest BCUT2D eigenvalue weighted by molar-refractivity contribution is -0.0419. The van der Waals surface area contributed by atoms with Crippen molar-refractivity contribution in [3.8, 4) is 5.82 Å². The SMILES string of the molecule is Cc1cnc(NC(CO)CO)nc1-n1cnc(C(=O)NC(O)(CO)c2cccc(Cl)c2)c1. The van der Waals surface area contributed by atoms with Gasteiger partial charge in [0.25, 0.3) is 5.91 Å². The smallest absolute Gasteiger partial charge is 0.274 e. The fraction of sp³-hybridized carbons (Fsp3) is 0.300. The number of nitrogens with one attached hydrogen (secondary N) is 2. The van der Waals surface area contributed by atoms with Gasteiger partial charge in [0.05, 0.1) is 25.9 Å². The van der Waals surface area contributed by atoms with Crippen molar-refractivity contribution in [2.75, 3.05) is 25.1 Å². The molecule has 3 rings (SSSR count). The van der Waals surface area contributed by atoms with Gasteiger partial charge < -0.3 is 31.1 Å². The summed E-state index contributed by atoms with van der Waals surface area (Å²) in [7, 11) is 0. The maximum Gasteiger partial charge on any atom is 0.274 e. The third-order valence-electron chi connectivity index (χ3n) is 4.63. The van der Waals surface area contributed by atoms with Crippen LogP contribution in [0.15, 0.2) is 43.0 Å². The van der Waals surface area contributed by atoms with E-state index < -0.39 is 24.3 Å². The largest absolute Gasteiger partial charge is 0.394 e. The summed E-state index contributed by atoms with van der Waals surface area (Å²) in [4.78, 5) is 25.2. The summed E-state index contributed by atoms with van der Waals surface area (Å²) >= 11 is 5.94. The number of amides is 1. The van der Waals surface area contributed by atoms with E-state index in [9.17, 15) is 25.2 Å². The van der Waals surface area contributed by atoms with Crippen LogP contribution in [0.1, 0.15) is 21.6 Å². The number of aliphatic hydroxyl groups excluding tert-OH is 3. The average Bonchev–Trinajstić information content (AvgIpc) is 3.28. The summed E-state index contributed by atoms with van der Waals surface area (Å²) in [5, 5.41) is 44.4. The number of hydrogen-bond acceptors (Lipinski definition) is 9. The molecule has 0 aliphatic rings. The topological polar surface area (TPSA) is 166 Å². The molecule has 12 heteroatoms. The van der Waals surface area contributed by atoms with Crippen molar-refractivity contribution < 1.29 is 25.2 Å². The van der Waals surface area contributed by atoms with Gasteiger partial charge in [-0.2, -0.15) is 4.98 Å². The molecule has 1 unspecified atom stereocenters. The molecule has 0 fully saturated rings. The zero-order chi connectivity index (χ0) is 23.3. The fourth-order valence-corrected chi connectivity index (χ4v) is 3.04. The van der Waals surface area contributed by atoms with Crippen molar-refractivity contribution in [1.82, 2.24) is 24.8 Å². The zero-order valence-electron chi connectivity index (χ0n) is 17.1. The Balaban J connectivity index is 1.83. The van der Waals surface area contributed by atoms with Gasteiger partial charge in [-0.25, -0.2) is 9.97 Å². The Bertz CT molecular complexity index is 1090. The molecule has 1 aromatic carbocycles. The second-order valence-corrected chi connectivity index (χ2v) is 7.49. The van der Waals surface area contributed by atoms with Crippen LogP contribution in [0.3, 0.4) is 0 Å². The third kappa shape index (κ3) is 5.21. The summed E-state index contributed by atoms with van der Waals surface area (Å²) in [6, 6.07) is 5.51. The molecule has 3 aromatic rings. The molecule has 0 saturated carbocycles. The Kier molecular flexibility index (Phi) is 7.38. The first-order valence-corrected chi connectivity index (χ1v) is 9.95. The highest BCUT2D eigenvalue weighted by Crippen LogP contribution is 2.22. The summed E-state index contributed by atoms with van der Waals surface area (Å²) in [5.41, 5.74) is -1.20. The number of benzene rings is 1. The van der Waals surface area contributed by atoms with Crippen molar-refractivity contribution in [1.29, 1.82) is 0 Å². The molecule has 0 radical (unpaired) electrons. The minimum absolute atomic E-state index is 0.0324. The number of carbonyl (C=O) groups excluding carboxylic acids is 1. The Morgan fingerprint density at radius 3 is 2.66 bits per heavy atom. The standard InChI is InChI=1S/C20H23ClN6O5/c1-12-6-22-19(24-15(8-28)9-29)25-17(12)27-7-16(23-11-27)18(31)26-20(32,10-30)13-3-2-4-14(21)5-13/h2-7,11,15,28-30,32H,8-10H2,1H3,(H,26,31)(H,22,24,25). The molecule has 11 nitrogen and oxygen atoms in total. The molecule has 0 bridgehead atoms. The predicted octanol–water partition coefficient (Wildman–Crippen LogP) is -0.0434. The van der Waals surface area contributed by atoms with E-state index in [-0.39, 0.29) is 30.4 Å². The van der Waals surface area contributed by atoms with Crippen LogP contribution in [0.5, 0.6) is 0 Å². The molecule has 170 valence electrons. The number of nitrogens with zero attached hydrogens (tertiary/aromatic N) is 4. The van der Waals surface area contributed by atoms with E-state index in [0.717, 1.165) is 0 Å². The number of rotatable bonds is 9. The molecule has 0 aliphatic heterocycles. The van der Waals surface area contributed by atoms with Gasteiger partial charge >= 0.3 is 0 Å². The van der Waals surface area contributed by atoms with E-state index in [1.165, 1.54) is 29.2 Å². The molecule has 32 heavy (non-hydrogen) atoms. The van der Waals surface area contributed by atoms with Gasteiger partial charge in [0.2, 0.25) is 5.95 Å². The lowest BCUT2D eigenvalue weighted by atomic mass is 10.0. The van der Waals surface area contributed by atoms with E-state index in [1.807, 2.05) is 0 Å². The first-order valence-electron chi connectivity index (χ1n) is 9.57.